The number of thioether (sulfide) groups is 1. The predicted octanol–water partition coefficient (Wildman–Crippen LogP) is 1.04. The number of hydrogen-bond donors (Lipinski definition) is 1. The second kappa shape index (κ2) is 4.63. The van der Waals surface area contributed by atoms with Crippen molar-refractivity contribution in [1.82, 2.24) is 9.88 Å². The first-order valence-electron chi connectivity index (χ1n) is 4.71. The van der Waals surface area contributed by atoms with Gasteiger partial charge < -0.3 is 5.11 Å². The summed E-state index contributed by atoms with van der Waals surface area (Å²) < 4.78 is 0. The molecule has 0 bridgehead atoms. The fourth-order valence-corrected chi connectivity index (χ4v) is 2.77. The monoisotopic (exact) mass is 224 g/mol. The highest BCUT2D eigenvalue weighted by Gasteiger charge is 2.30. The molecule has 1 atom stereocenters. The van der Waals surface area contributed by atoms with Crippen molar-refractivity contribution in [2.24, 2.45) is 0 Å². The van der Waals surface area contributed by atoms with Crippen LogP contribution < -0.4 is 0 Å². The molecule has 0 saturated carbocycles. The Balaban J connectivity index is 2.03. The fourth-order valence-electron chi connectivity index (χ4n) is 1.59. The molecule has 1 aromatic heterocycles. The fraction of sp³-hybridized carbons (Fsp3) is 0.400. The Labute approximate surface area is 92.3 Å². The highest BCUT2D eigenvalue weighted by Crippen LogP contribution is 2.22. The third-order valence-corrected chi connectivity index (χ3v) is 3.43. The predicted molar refractivity (Wildman–Crippen MR) is 58.5 cm³/mol. The van der Waals surface area contributed by atoms with Gasteiger partial charge in [0.05, 0.1) is 0 Å². The van der Waals surface area contributed by atoms with E-state index in [4.69, 9.17) is 5.11 Å². The Kier molecular flexibility index (Phi) is 3.23. The Bertz CT molecular complexity index is 345. The highest BCUT2D eigenvalue weighted by atomic mass is 32.2. The van der Waals surface area contributed by atoms with Gasteiger partial charge in [-0.15, -0.1) is 11.8 Å². The lowest BCUT2D eigenvalue weighted by molar-refractivity contribution is -0.141. The van der Waals surface area contributed by atoms with Gasteiger partial charge in [0.25, 0.3) is 0 Å². The van der Waals surface area contributed by atoms with Gasteiger partial charge in [-0.2, -0.15) is 0 Å². The maximum Gasteiger partial charge on any atom is 0.321 e. The van der Waals surface area contributed by atoms with Crippen LogP contribution in [0.5, 0.6) is 0 Å². The molecule has 2 rings (SSSR count). The summed E-state index contributed by atoms with van der Waals surface area (Å²) in [5.41, 5.74) is 1.06. The molecule has 1 aliphatic rings. The van der Waals surface area contributed by atoms with Crippen LogP contribution in [0.25, 0.3) is 0 Å². The molecule has 0 spiro atoms. The number of hydrogen-bond acceptors (Lipinski definition) is 4. The highest BCUT2D eigenvalue weighted by molar-refractivity contribution is 7.99. The van der Waals surface area contributed by atoms with Gasteiger partial charge in [0.15, 0.2) is 0 Å². The lowest BCUT2D eigenvalue weighted by Crippen LogP contribution is -2.37. The van der Waals surface area contributed by atoms with Gasteiger partial charge in [-0.3, -0.25) is 14.7 Å². The Morgan fingerprint density at radius 1 is 1.73 bits per heavy atom. The van der Waals surface area contributed by atoms with Crippen molar-refractivity contribution in [2.45, 2.75) is 12.6 Å². The molecule has 15 heavy (non-hydrogen) atoms. The van der Waals surface area contributed by atoms with E-state index in [2.05, 4.69) is 4.98 Å². The summed E-state index contributed by atoms with van der Waals surface area (Å²) >= 11 is 1.66. The third kappa shape index (κ3) is 2.49. The maximum atomic E-state index is 10.9. The van der Waals surface area contributed by atoms with Crippen molar-refractivity contribution < 1.29 is 9.90 Å². The summed E-state index contributed by atoms with van der Waals surface area (Å²) in [6.07, 6.45) is 3.50. The number of aliphatic carboxylic acids is 1. The molecular formula is C10H12N2O2S. The van der Waals surface area contributed by atoms with E-state index in [1.54, 1.807) is 24.2 Å². The number of aromatic nitrogens is 1. The van der Waals surface area contributed by atoms with Crippen LogP contribution in [0, 0.1) is 0 Å². The summed E-state index contributed by atoms with van der Waals surface area (Å²) in [6.45, 7) is 0.664. The molecule has 1 unspecified atom stereocenters. The van der Waals surface area contributed by atoms with E-state index in [-0.39, 0.29) is 6.04 Å². The normalized spacial score (nSPS) is 21.7. The SMILES string of the molecule is O=C(O)C1CSCN1Cc1cccnc1. The molecule has 80 valence electrons. The molecule has 1 fully saturated rings. The average molecular weight is 224 g/mol. The summed E-state index contributed by atoms with van der Waals surface area (Å²) in [7, 11) is 0. The van der Waals surface area contributed by atoms with Crippen molar-refractivity contribution >= 4 is 17.7 Å². The van der Waals surface area contributed by atoms with Gasteiger partial charge in [-0.05, 0) is 11.6 Å². The van der Waals surface area contributed by atoms with E-state index in [1.807, 2.05) is 17.0 Å². The zero-order valence-corrected chi connectivity index (χ0v) is 8.98. The molecule has 1 aliphatic heterocycles. The molecule has 5 heteroatoms. The summed E-state index contributed by atoms with van der Waals surface area (Å²) in [5.74, 6) is 0.727. The number of carboxylic acid groups (broad SMARTS) is 1. The summed E-state index contributed by atoms with van der Waals surface area (Å²) in [6, 6.07) is 3.48. The average Bonchev–Trinajstić information content (AvgIpc) is 2.67. The smallest absolute Gasteiger partial charge is 0.321 e. The minimum atomic E-state index is -0.733. The van der Waals surface area contributed by atoms with Crippen LogP contribution in [0.2, 0.25) is 0 Å². The van der Waals surface area contributed by atoms with E-state index in [9.17, 15) is 4.79 Å². The van der Waals surface area contributed by atoms with Crippen molar-refractivity contribution in [1.29, 1.82) is 0 Å². The van der Waals surface area contributed by atoms with Crippen LogP contribution in [-0.4, -0.2) is 38.6 Å². The van der Waals surface area contributed by atoms with E-state index in [0.29, 0.717) is 12.3 Å². The van der Waals surface area contributed by atoms with E-state index in [0.717, 1.165) is 11.4 Å². The van der Waals surface area contributed by atoms with Crippen LogP contribution in [0.4, 0.5) is 0 Å². The Morgan fingerprint density at radius 3 is 3.27 bits per heavy atom. The van der Waals surface area contributed by atoms with Crippen LogP contribution in [-0.2, 0) is 11.3 Å². The minimum absolute atomic E-state index is 0.352. The molecule has 2 heterocycles. The largest absolute Gasteiger partial charge is 0.480 e. The van der Waals surface area contributed by atoms with Crippen LogP contribution in [0.15, 0.2) is 24.5 Å². The zero-order chi connectivity index (χ0) is 10.7. The van der Waals surface area contributed by atoms with Gasteiger partial charge in [-0.1, -0.05) is 6.07 Å². The number of carbonyl (C=O) groups is 1. The first-order chi connectivity index (χ1) is 7.27. The van der Waals surface area contributed by atoms with Crippen molar-refractivity contribution in [3.8, 4) is 0 Å². The van der Waals surface area contributed by atoms with Gasteiger partial charge in [0.1, 0.15) is 6.04 Å². The van der Waals surface area contributed by atoms with Gasteiger partial charge in [0.2, 0.25) is 0 Å². The summed E-state index contributed by atoms with van der Waals surface area (Å²) in [5, 5.41) is 8.99. The molecule has 1 N–H and O–H groups in total. The van der Waals surface area contributed by atoms with Crippen molar-refractivity contribution in [2.75, 3.05) is 11.6 Å². The molecule has 1 aromatic rings. The number of pyridine rings is 1. The standard InChI is InChI=1S/C10H12N2O2S/c13-10(14)9-6-15-7-12(9)5-8-2-1-3-11-4-8/h1-4,9H,5-7H2,(H,13,14). The topological polar surface area (TPSA) is 53.4 Å². The number of carboxylic acids is 1. The first-order valence-corrected chi connectivity index (χ1v) is 5.86. The van der Waals surface area contributed by atoms with Crippen LogP contribution in [0.3, 0.4) is 0 Å². The van der Waals surface area contributed by atoms with Crippen molar-refractivity contribution in [3.05, 3.63) is 30.1 Å². The number of nitrogens with zero attached hydrogens (tertiary/aromatic N) is 2. The van der Waals surface area contributed by atoms with Crippen LogP contribution in [0.1, 0.15) is 5.56 Å². The number of rotatable bonds is 3. The maximum absolute atomic E-state index is 10.9. The van der Waals surface area contributed by atoms with Crippen molar-refractivity contribution in [3.63, 3.8) is 0 Å². The van der Waals surface area contributed by atoms with Crippen LogP contribution >= 0.6 is 11.8 Å². The zero-order valence-electron chi connectivity index (χ0n) is 8.17. The van der Waals surface area contributed by atoms with Gasteiger partial charge in [0, 0.05) is 30.6 Å². The van der Waals surface area contributed by atoms with E-state index < -0.39 is 5.97 Å². The third-order valence-electron chi connectivity index (χ3n) is 2.37. The molecule has 1 saturated heterocycles. The second-order valence-electron chi connectivity index (χ2n) is 3.46. The Morgan fingerprint density at radius 2 is 2.60 bits per heavy atom. The molecular weight excluding hydrogens is 212 g/mol. The molecule has 0 amide bonds. The minimum Gasteiger partial charge on any atom is -0.480 e. The molecule has 0 radical (unpaired) electrons. The molecule has 0 aromatic carbocycles. The molecule has 0 aliphatic carbocycles. The van der Waals surface area contributed by atoms with E-state index in [1.165, 1.54) is 0 Å². The Hall–Kier alpha value is -1.07. The lowest BCUT2D eigenvalue weighted by atomic mass is 10.2. The second-order valence-corrected chi connectivity index (χ2v) is 4.46. The van der Waals surface area contributed by atoms with Gasteiger partial charge >= 0.3 is 5.97 Å². The quantitative estimate of drug-likeness (QED) is 0.831. The van der Waals surface area contributed by atoms with E-state index >= 15 is 0 Å². The molecule has 4 nitrogen and oxygen atoms in total. The summed E-state index contributed by atoms with van der Waals surface area (Å²) in [4.78, 5) is 16.9. The first kappa shape index (κ1) is 10.4. The lowest BCUT2D eigenvalue weighted by Gasteiger charge is -2.19. The van der Waals surface area contributed by atoms with Gasteiger partial charge in [-0.25, -0.2) is 0 Å².